The molecule has 5 nitrogen and oxygen atoms in total. The molecule has 0 aromatic carbocycles. The first-order valence-electron chi connectivity index (χ1n) is 7.76. The van der Waals surface area contributed by atoms with E-state index in [-0.39, 0.29) is 10.9 Å². The summed E-state index contributed by atoms with van der Waals surface area (Å²) in [6, 6.07) is 1.61. The molecule has 6 heteroatoms. The first kappa shape index (κ1) is 18.2. The Morgan fingerprint density at radius 3 is 2.52 bits per heavy atom. The Balaban J connectivity index is 2.82. The molecule has 1 aromatic heterocycles. The molecule has 122 valence electrons. The highest BCUT2D eigenvalue weighted by Crippen LogP contribution is 2.21. The Labute approximate surface area is 128 Å². The summed E-state index contributed by atoms with van der Waals surface area (Å²) < 4.78 is 33.2. The van der Waals surface area contributed by atoms with Gasteiger partial charge in [-0.2, -0.15) is 0 Å². The lowest BCUT2D eigenvalue weighted by Gasteiger charge is -2.15. The van der Waals surface area contributed by atoms with Crippen molar-refractivity contribution in [3.8, 4) is 0 Å². The standard InChI is InChI=1S/C15H28N2O3S/c1-5-8-13(7-3)17-21(18,19)15-10-14(20-12(15)4)11-16-9-6-2/h10,13,16-17H,5-9,11H2,1-4H3. The van der Waals surface area contributed by atoms with Gasteiger partial charge in [0.25, 0.3) is 0 Å². The largest absolute Gasteiger partial charge is 0.464 e. The summed E-state index contributed by atoms with van der Waals surface area (Å²) in [6.45, 7) is 9.26. The molecule has 1 rings (SSSR count). The van der Waals surface area contributed by atoms with Crippen LogP contribution in [0.4, 0.5) is 0 Å². The molecule has 0 spiro atoms. The van der Waals surface area contributed by atoms with Crippen molar-refractivity contribution in [1.29, 1.82) is 0 Å². The summed E-state index contributed by atoms with van der Waals surface area (Å²) in [6.07, 6.45) is 3.62. The van der Waals surface area contributed by atoms with Gasteiger partial charge in [0, 0.05) is 12.1 Å². The first-order chi connectivity index (χ1) is 9.94. The van der Waals surface area contributed by atoms with Gasteiger partial charge in [0.2, 0.25) is 10.0 Å². The van der Waals surface area contributed by atoms with Crippen LogP contribution < -0.4 is 10.0 Å². The molecule has 21 heavy (non-hydrogen) atoms. The number of hydrogen-bond acceptors (Lipinski definition) is 4. The van der Waals surface area contributed by atoms with E-state index in [2.05, 4.69) is 23.9 Å². The predicted molar refractivity (Wildman–Crippen MR) is 84.8 cm³/mol. The average molecular weight is 316 g/mol. The highest BCUT2D eigenvalue weighted by Gasteiger charge is 2.23. The second kappa shape index (κ2) is 8.56. The molecule has 0 radical (unpaired) electrons. The molecule has 0 aliphatic heterocycles. The van der Waals surface area contributed by atoms with E-state index < -0.39 is 10.0 Å². The van der Waals surface area contributed by atoms with Crippen LogP contribution in [0, 0.1) is 6.92 Å². The third kappa shape index (κ3) is 5.45. The van der Waals surface area contributed by atoms with Crippen molar-refractivity contribution < 1.29 is 12.8 Å². The second-order valence-corrected chi connectivity index (χ2v) is 7.01. The van der Waals surface area contributed by atoms with Gasteiger partial charge in [0.05, 0.1) is 6.54 Å². The number of hydrogen-bond donors (Lipinski definition) is 2. The highest BCUT2D eigenvalue weighted by atomic mass is 32.2. The summed E-state index contributed by atoms with van der Waals surface area (Å²) in [4.78, 5) is 0.255. The Bertz CT molecular complexity index is 523. The Morgan fingerprint density at radius 1 is 1.24 bits per heavy atom. The van der Waals surface area contributed by atoms with E-state index in [0.29, 0.717) is 18.1 Å². The minimum Gasteiger partial charge on any atom is -0.464 e. The zero-order chi connectivity index (χ0) is 15.9. The third-order valence-corrected chi connectivity index (χ3v) is 5.02. The molecule has 0 aliphatic rings. The number of rotatable bonds is 10. The van der Waals surface area contributed by atoms with E-state index in [0.717, 1.165) is 32.2 Å². The molecule has 2 N–H and O–H groups in total. The van der Waals surface area contributed by atoms with Crippen molar-refractivity contribution >= 4 is 10.0 Å². The zero-order valence-corrected chi connectivity index (χ0v) is 14.3. The van der Waals surface area contributed by atoms with Crippen LogP contribution in [0.5, 0.6) is 0 Å². The summed E-state index contributed by atoms with van der Waals surface area (Å²) in [5.41, 5.74) is 0. The highest BCUT2D eigenvalue weighted by molar-refractivity contribution is 7.89. The minimum atomic E-state index is -3.51. The van der Waals surface area contributed by atoms with Gasteiger partial charge in [0.1, 0.15) is 16.4 Å². The fourth-order valence-electron chi connectivity index (χ4n) is 2.24. The number of nitrogens with one attached hydrogen (secondary N) is 2. The summed E-state index contributed by atoms with van der Waals surface area (Å²) in [5.74, 6) is 1.10. The molecule has 0 saturated heterocycles. The van der Waals surface area contributed by atoms with E-state index in [4.69, 9.17) is 4.42 Å². The Kier molecular flexibility index (Phi) is 7.42. The van der Waals surface area contributed by atoms with Crippen LogP contribution >= 0.6 is 0 Å². The minimum absolute atomic E-state index is 0.0176. The van der Waals surface area contributed by atoms with Crippen LogP contribution in [-0.4, -0.2) is 21.0 Å². The van der Waals surface area contributed by atoms with Crippen LogP contribution in [0.2, 0.25) is 0 Å². The SMILES string of the molecule is CCCNCc1cc(S(=O)(=O)NC(CC)CCC)c(C)o1. The molecular weight excluding hydrogens is 288 g/mol. The Hall–Kier alpha value is -0.850. The maximum atomic E-state index is 12.4. The van der Waals surface area contributed by atoms with Gasteiger partial charge in [-0.05, 0) is 32.7 Å². The van der Waals surface area contributed by atoms with Gasteiger partial charge in [-0.3, -0.25) is 0 Å². The fraction of sp³-hybridized carbons (Fsp3) is 0.733. The number of furan rings is 1. The van der Waals surface area contributed by atoms with E-state index >= 15 is 0 Å². The summed E-state index contributed by atoms with van der Waals surface area (Å²) in [5, 5.41) is 3.21. The van der Waals surface area contributed by atoms with E-state index in [1.54, 1.807) is 13.0 Å². The van der Waals surface area contributed by atoms with E-state index in [1.165, 1.54) is 0 Å². The quantitative estimate of drug-likeness (QED) is 0.651. The van der Waals surface area contributed by atoms with Crippen molar-refractivity contribution in [2.45, 2.75) is 70.9 Å². The van der Waals surface area contributed by atoms with Crippen molar-refractivity contribution in [3.05, 3.63) is 17.6 Å². The number of sulfonamides is 1. The van der Waals surface area contributed by atoms with Gasteiger partial charge < -0.3 is 9.73 Å². The molecule has 0 aliphatic carbocycles. The van der Waals surface area contributed by atoms with Crippen molar-refractivity contribution in [3.63, 3.8) is 0 Å². The van der Waals surface area contributed by atoms with Gasteiger partial charge in [0.15, 0.2) is 0 Å². The molecule has 0 fully saturated rings. The van der Waals surface area contributed by atoms with Crippen molar-refractivity contribution in [2.75, 3.05) is 6.54 Å². The van der Waals surface area contributed by atoms with E-state index in [9.17, 15) is 8.42 Å². The molecule has 0 amide bonds. The lowest BCUT2D eigenvalue weighted by Crippen LogP contribution is -2.34. The van der Waals surface area contributed by atoms with Gasteiger partial charge in [-0.1, -0.05) is 27.2 Å². The smallest absolute Gasteiger partial charge is 0.244 e. The Morgan fingerprint density at radius 2 is 1.95 bits per heavy atom. The molecule has 0 bridgehead atoms. The van der Waals surface area contributed by atoms with Crippen molar-refractivity contribution in [1.82, 2.24) is 10.0 Å². The third-order valence-electron chi connectivity index (χ3n) is 3.39. The normalized spacial score (nSPS) is 13.5. The lowest BCUT2D eigenvalue weighted by atomic mass is 10.1. The monoisotopic (exact) mass is 316 g/mol. The fourth-order valence-corrected chi connectivity index (χ4v) is 3.80. The van der Waals surface area contributed by atoms with Gasteiger partial charge >= 0.3 is 0 Å². The lowest BCUT2D eigenvalue weighted by molar-refractivity contribution is 0.456. The zero-order valence-electron chi connectivity index (χ0n) is 13.5. The van der Waals surface area contributed by atoms with Crippen LogP contribution in [0.1, 0.15) is 58.0 Å². The van der Waals surface area contributed by atoms with Gasteiger partial charge in [-0.25, -0.2) is 13.1 Å². The van der Waals surface area contributed by atoms with E-state index in [1.807, 2.05) is 6.92 Å². The van der Waals surface area contributed by atoms with Crippen LogP contribution in [0.25, 0.3) is 0 Å². The second-order valence-electron chi connectivity index (χ2n) is 5.33. The van der Waals surface area contributed by atoms with Crippen LogP contribution in [0.3, 0.4) is 0 Å². The first-order valence-corrected chi connectivity index (χ1v) is 9.25. The van der Waals surface area contributed by atoms with Crippen molar-refractivity contribution in [2.24, 2.45) is 0 Å². The summed E-state index contributed by atoms with van der Waals surface area (Å²) in [7, 11) is -3.51. The molecule has 1 aromatic rings. The molecule has 0 saturated carbocycles. The molecular formula is C15H28N2O3S. The summed E-state index contributed by atoms with van der Waals surface area (Å²) >= 11 is 0. The van der Waals surface area contributed by atoms with Crippen LogP contribution in [-0.2, 0) is 16.6 Å². The van der Waals surface area contributed by atoms with Crippen LogP contribution in [0.15, 0.2) is 15.4 Å². The molecule has 1 atom stereocenters. The number of aryl methyl sites for hydroxylation is 1. The maximum absolute atomic E-state index is 12.4. The predicted octanol–water partition coefficient (Wildman–Crippen LogP) is 2.94. The topological polar surface area (TPSA) is 71.3 Å². The molecule has 1 heterocycles. The maximum Gasteiger partial charge on any atom is 0.244 e. The molecule has 1 unspecified atom stereocenters. The van der Waals surface area contributed by atoms with Gasteiger partial charge in [-0.15, -0.1) is 0 Å². The average Bonchev–Trinajstić information content (AvgIpc) is 2.80.